The number of aliphatic hydroxyl groups excluding tert-OH is 1. The second-order valence-corrected chi connectivity index (χ2v) is 5.39. The van der Waals surface area contributed by atoms with Gasteiger partial charge in [-0.15, -0.1) is 22.0 Å². The van der Waals surface area contributed by atoms with Crippen molar-refractivity contribution in [3.05, 3.63) is 29.8 Å². The quantitative estimate of drug-likeness (QED) is 0.590. The van der Waals surface area contributed by atoms with Crippen molar-refractivity contribution in [3.8, 4) is 0 Å². The number of thioether (sulfide) groups is 1. The van der Waals surface area contributed by atoms with E-state index < -0.39 is 17.8 Å². The molecule has 1 N–H and O–H groups in total. The van der Waals surface area contributed by atoms with Gasteiger partial charge in [0.1, 0.15) is 10.8 Å². The molecule has 0 saturated carbocycles. The molecular formula is C12H8F4N4OS. The molecular weight excluding hydrogens is 324 g/mol. The Morgan fingerprint density at radius 3 is 2.68 bits per heavy atom. The summed E-state index contributed by atoms with van der Waals surface area (Å²) in [6.45, 7) is -0.166. The molecule has 0 bridgehead atoms. The van der Waals surface area contributed by atoms with Crippen molar-refractivity contribution in [2.24, 2.45) is 0 Å². The molecule has 116 valence electrons. The molecule has 0 spiro atoms. The molecule has 1 aromatic carbocycles. The Kier molecular flexibility index (Phi) is 3.65. The van der Waals surface area contributed by atoms with Gasteiger partial charge in [0.2, 0.25) is 5.82 Å². The van der Waals surface area contributed by atoms with Crippen molar-refractivity contribution in [1.82, 2.24) is 19.6 Å². The number of rotatable bonds is 3. The summed E-state index contributed by atoms with van der Waals surface area (Å²) in [5, 5.41) is 15.7. The van der Waals surface area contributed by atoms with Crippen LogP contribution in [0.1, 0.15) is 5.82 Å². The summed E-state index contributed by atoms with van der Waals surface area (Å²) in [7, 11) is 0. The number of hydrogen-bond donors (Lipinski definition) is 1. The van der Waals surface area contributed by atoms with Gasteiger partial charge in [-0.3, -0.25) is 4.40 Å². The lowest BCUT2D eigenvalue weighted by atomic mass is 10.3. The number of hydrogen-bond acceptors (Lipinski definition) is 5. The van der Waals surface area contributed by atoms with Crippen LogP contribution >= 0.6 is 11.8 Å². The Bertz CT molecular complexity index is 848. The Hall–Kier alpha value is -1.94. The summed E-state index contributed by atoms with van der Waals surface area (Å²) < 4.78 is 53.4. The molecule has 3 rings (SSSR count). The Balaban J connectivity index is 2.39. The molecule has 0 aliphatic heterocycles. The first-order valence-electron chi connectivity index (χ1n) is 6.07. The number of aliphatic hydroxyl groups is 1. The molecule has 10 heteroatoms. The third-order valence-electron chi connectivity index (χ3n) is 2.84. The predicted molar refractivity (Wildman–Crippen MR) is 71.1 cm³/mol. The summed E-state index contributed by atoms with van der Waals surface area (Å²) in [6.07, 6.45) is -4.74. The summed E-state index contributed by atoms with van der Waals surface area (Å²) in [4.78, 5) is 4.17. The van der Waals surface area contributed by atoms with Crippen molar-refractivity contribution >= 4 is 28.4 Å². The van der Waals surface area contributed by atoms with Gasteiger partial charge in [-0.2, -0.15) is 13.2 Å². The minimum Gasteiger partial charge on any atom is -0.396 e. The molecule has 0 unspecified atom stereocenters. The maximum Gasteiger partial charge on any atom is 0.452 e. The van der Waals surface area contributed by atoms with Crippen molar-refractivity contribution in [2.45, 2.75) is 11.2 Å². The lowest BCUT2D eigenvalue weighted by Crippen LogP contribution is -2.12. The van der Waals surface area contributed by atoms with Gasteiger partial charge in [0.15, 0.2) is 5.65 Å². The van der Waals surface area contributed by atoms with E-state index in [1.165, 1.54) is 6.07 Å². The first kappa shape index (κ1) is 15.0. The minimum absolute atomic E-state index is 0.0688. The number of alkyl halides is 3. The fourth-order valence-electron chi connectivity index (χ4n) is 2.00. The molecule has 0 amide bonds. The van der Waals surface area contributed by atoms with Gasteiger partial charge in [-0.1, -0.05) is 0 Å². The highest BCUT2D eigenvalue weighted by atomic mass is 32.2. The van der Waals surface area contributed by atoms with Crippen LogP contribution in [0.4, 0.5) is 17.6 Å². The van der Waals surface area contributed by atoms with Crippen LogP contribution in [0.25, 0.3) is 16.7 Å². The Morgan fingerprint density at radius 2 is 2.00 bits per heavy atom. The molecule has 0 aliphatic carbocycles. The van der Waals surface area contributed by atoms with Crippen molar-refractivity contribution in [1.29, 1.82) is 0 Å². The van der Waals surface area contributed by atoms with Crippen LogP contribution in [0.5, 0.6) is 0 Å². The third kappa shape index (κ3) is 2.48. The highest BCUT2D eigenvalue weighted by molar-refractivity contribution is 7.99. The standard InChI is InChI=1S/C12H8F4N4OS/c13-6-1-2-7-8(5-6)20-9(10(17-7)22-4-3-21)18-19-11(20)12(14,15)16/h1-2,5,21H,3-4H2. The molecule has 3 aromatic rings. The first-order valence-corrected chi connectivity index (χ1v) is 7.05. The lowest BCUT2D eigenvalue weighted by molar-refractivity contribution is -0.145. The number of halogens is 4. The van der Waals surface area contributed by atoms with Crippen LogP contribution in [0, 0.1) is 5.82 Å². The van der Waals surface area contributed by atoms with E-state index in [1.807, 2.05) is 0 Å². The van der Waals surface area contributed by atoms with Gasteiger partial charge in [0, 0.05) is 11.8 Å². The van der Waals surface area contributed by atoms with E-state index in [4.69, 9.17) is 5.11 Å². The maximum atomic E-state index is 13.4. The van der Waals surface area contributed by atoms with Gasteiger partial charge in [-0.25, -0.2) is 9.37 Å². The van der Waals surface area contributed by atoms with Gasteiger partial charge < -0.3 is 5.11 Å². The predicted octanol–water partition coefficient (Wildman–Crippen LogP) is 2.52. The van der Waals surface area contributed by atoms with Gasteiger partial charge >= 0.3 is 6.18 Å². The smallest absolute Gasteiger partial charge is 0.396 e. The molecule has 2 heterocycles. The molecule has 5 nitrogen and oxygen atoms in total. The van der Waals surface area contributed by atoms with E-state index >= 15 is 0 Å². The van der Waals surface area contributed by atoms with Crippen LogP contribution in [0.2, 0.25) is 0 Å². The molecule has 0 fully saturated rings. The highest BCUT2D eigenvalue weighted by Crippen LogP contribution is 2.32. The number of fused-ring (bicyclic) bond motifs is 3. The van der Waals surface area contributed by atoms with Crippen LogP contribution < -0.4 is 0 Å². The summed E-state index contributed by atoms with van der Waals surface area (Å²) >= 11 is 1.05. The largest absolute Gasteiger partial charge is 0.452 e. The van der Waals surface area contributed by atoms with E-state index in [9.17, 15) is 17.6 Å². The van der Waals surface area contributed by atoms with Gasteiger partial charge in [0.05, 0.1) is 17.6 Å². The van der Waals surface area contributed by atoms with Crippen molar-refractivity contribution in [2.75, 3.05) is 12.4 Å². The van der Waals surface area contributed by atoms with E-state index in [0.717, 1.165) is 28.3 Å². The number of benzene rings is 1. The highest BCUT2D eigenvalue weighted by Gasteiger charge is 2.38. The van der Waals surface area contributed by atoms with Crippen molar-refractivity contribution < 1.29 is 22.7 Å². The minimum atomic E-state index is -4.74. The Morgan fingerprint density at radius 1 is 1.23 bits per heavy atom. The lowest BCUT2D eigenvalue weighted by Gasteiger charge is -2.09. The fraction of sp³-hybridized carbons (Fsp3) is 0.250. The topological polar surface area (TPSA) is 63.3 Å². The maximum absolute atomic E-state index is 13.4. The SMILES string of the molecule is OCCSc1nc2ccc(F)cc2n2c(C(F)(F)F)nnc12. The second kappa shape index (κ2) is 5.36. The molecule has 0 radical (unpaired) electrons. The van der Waals surface area contributed by atoms with E-state index in [2.05, 4.69) is 15.2 Å². The first-order chi connectivity index (χ1) is 10.4. The summed E-state index contributed by atoms with van der Waals surface area (Å²) in [5.74, 6) is -1.69. The zero-order valence-corrected chi connectivity index (χ0v) is 11.6. The fourth-order valence-corrected chi connectivity index (χ4v) is 2.71. The molecule has 0 aliphatic rings. The zero-order chi connectivity index (χ0) is 15.9. The Labute approximate surface area is 125 Å². The second-order valence-electron chi connectivity index (χ2n) is 4.30. The molecule has 0 saturated heterocycles. The third-order valence-corrected chi connectivity index (χ3v) is 3.77. The van der Waals surface area contributed by atoms with Crippen LogP contribution in [-0.4, -0.2) is 37.0 Å². The molecule has 22 heavy (non-hydrogen) atoms. The zero-order valence-electron chi connectivity index (χ0n) is 10.8. The van der Waals surface area contributed by atoms with E-state index in [1.54, 1.807) is 0 Å². The van der Waals surface area contributed by atoms with Crippen LogP contribution in [0.15, 0.2) is 23.2 Å². The summed E-state index contributed by atoms with van der Waals surface area (Å²) in [6, 6.07) is 3.35. The number of nitrogens with zero attached hydrogens (tertiary/aromatic N) is 4. The monoisotopic (exact) mass is 332 g/mol. The van der Waals surface area contributed by atoms with Crippen LogP contribution in [0.3, 0.4) is 0 Å². The van der Waals surface area contributed by atoms with Crippen molar-refractivity contribution in [3.63, 3.8) is 0 Å². The van der Waals surface area contributed by atoms with Gasteiger partial charge in [-0.05, 0) is 12.1 Å². The molecule has 0 atom stereocenters. The average Bonchev–Trinajstić information content (AvgIpc) is 2.90. The van der Waals surface area contributed by atoms with Crippen LogP contribution in [-0.2, 0) is 6.18 Å². The van der Waals surface area contributed by atoms with Gasteiger partial charge in [0.25, 0.3) is 0 Å². The normalized spacial score (nSPS) is 12.4. The van der Waals surface area contributed by atoms with E-state index in [-0.39, 0.29) is 34.1 Å². The number of aromatic nitrogens is 4. The average molecular weight is 332 g/mol. The van der Waals surface area contributed by atoms with E-state index in [0.29, 0.717) is 0 Å². The summed E-state index contributed by atoms with van der Waals surface area (Å²) in [5.41, 5.74) is -0.0100. The molecule has 2 aromatic heterocycles.